The van der Waals surface area contributed by atoms with Crippen LogP contribution in [0, 0.1) is 0 Å². The fourth-order valence-electron chi connectivity index (χ4n) is 0. The van der Waals surface area contributed by atoms with E-state index in [1.54, 1.807) is 0 Å². The molecule has 0 spiro atoms. The van der Waals surface area contributed by atoms with E-state index in [0.29, 0.717) is 0 Å². The van der Waals surface area contributed by atoms with Crippen LogP contribution in [0.15, 0.2) is 0 Å². The summed E-state index contributed by atoms with van der Waals surface area (Å²) in [5.41, 5.74) is 0. The summed E-state index contributed by atoms with van der Waals surface area (Å²) < 4.78 is 0. The van der Waals surface area contributed by atoms with E-state index in [9.17, 15) is 0 Å². The van der Waals surface area contributed by atoms with Crippen molar-refractivity contribution in [1.82, 2.24) is 0 Å². The molecule has 0 aromatic heterocycles. The molecule has 0 unspecified atom stereocenters. The molecule has 0 atom stereocenters. The van der Waals surface area contributed by atoms with Gasteiger partial charge in [0, 0.05) is 0 Å². The van der Waals surface area contributed by atoms with E-state index in [4.69, 9.17) is 0 Å². The largest absolute Gasteiger partial charge is 2.00 e. The molecule has 0 aromatic rings. The van der Waals surface area contributed by atoms with Gasteiger partial charge in [-0.25, -0.2) is 0 Å². The van der Waals surface area contributed by atoms with Gasteiger partial charge in [-0.1, -0.05) is 0 Å². The maximum atomic E-state index is 3.77. The Hall–Kier alpha value is 1.32. The van der Waals surface area contributed by atoms with Crippen molar-refractivity contribution in [2.24, 2.45) is 0 Å². The van der Waals surface area contributed by atoms with Crippen molar-refractivity contribution in [2.75, 3.05) is 0 Å². The van der Waals surface area contributed by atoms with Gasteiger partial charge in [0.25, 0.3) is 0 Å². The number of rotatable bonds is 0. The molecule has 0 aliphatic rings. The quantitative estimate of drug-likeness (QED) is 0.496. The molecular weight excluding hydrogens is 177 g/mol. The Labute approximate surface area is 49.9 Å². The van der Waals surface area contributed by atoms with Crippen LogP contribution < -0.4 is 0 Å². The van der Waals surface area contributed by atoms with Gasteiger partial charge in [-0.2, -0.15) is 0 Å². The van der Waals surface area contributed by atoms with Crippen LogP contribution in [-0.4, -0.2) is 0 Å². The zero-order valence-corrected chi connectivity index (χ0v) is 6.55. The number of hydrogen-bond donors (Lipinski definition) is 0. The molecule has 0 saturated carbocycles. The summed E-state index contributed by atoms with van der Waals surface area (Å²) in [5, 5.41) is 0. The summed E-state index contributed by atoms with van der Waals surface area (Å²) >= 11 is 3.77. The minimum Gasteiger partial charge on any atom is 2.00 e. The van der Waals surface area contributed by atoms with Gasteiger partial charge in [0.15, 0.2) is 0 Å². The van der Waals surface area contributed by atoms with E-state index >= 15 is 0 Å². The van der Waals surface area contributed by atoms with Gasteiger partial charge in [-0.3, -0.25) is 0 Å². The zero-order chi connectivity index (χ0) is 2.00. The van der Waals surface area contributed by atoms with Crippen LogP contribution in [0.3, 0.4) is 0 Å². The van der Waals surface area contributed by atoms with E-state index in [0.717, 1.165) is 0 Å². The van der Waals surface area contributed by atoms with E-state index in [1.165, 1.54) is 0 Å². The molecule has 0 heterocycles. The third kappa shape index (κ3) is 10.2. The van der Waals surface area contributed by atoms with Crippen LogP contribution in [0.2, 0.25) is 0 Å². The fourth-order valence-corrected chi connectivity index (χ4v) is 0. The molecule has 0 aliphatic carbocycles. The van der Waals surface area contributed by atoms with Gasteiger partial charge in [-0.15, -0.1) is 0 Å². The molecule has 0 aliphatic heterocycles. The summed E-state index contributed by atoms with van der Waals surface area (Å²) in [6, 6.07) is 0. The predicted molar refractivity (Wildman–Crippen MR) is 8.28 cm³/mol. The Morgan fingerprint density at radius 1 is 1.25 bits per heavy atom. The average Bonchev–Trinajstić information content (AvgIpc) is 1.00. The molecule has 0 rings (SSSR count). The summed E-state index contributed by atoms with van der Waals surface area (Å²) in [7, 11) is 3.65. The van der Waals surface area contributed by atoms with Crippen LogP contribution in [0.5, 0.6) is 0 Å². The van der Waals surface area contributed by atoms with Gasteiger partial charge >= 0.3 is 44.4 Å². The molecule has 0 fully saturated rings. The third-order valence-corrected chi connectivity index (χ3v) is 0. The Balaban J connectivity index is -0.00000000500. The third-order valence-electron chi connectivity index (χ3n) is 0. The molecule has 4 heteroatoms. The Morgan fingerprint density at radius 2 is 1.25 bits per heavy atom. The first kappa shape index (κ1) is 18.4. The second-order valence-corrected chi connectivity index (χ2v) is 0. The summed E-state index contributed by atoms with van der Waals surface area (Å²) in [5.74, 6) is 0. The van der Waals surface area contributed by atoms with Gasteiger partial charge in [0.05, 0.1) is 0 Å². The standard InChI is InChI=1S/Cu.O.S.Zn/q;-2;;+2. The van der Waals surface area contributed by atoms with E-state index in [-0.39, 0.29) is 25.0 Å². The van der Waals surface area contributed by atoms with Gasteiger partial charge < -0.3 is 5.48 Å². The van der Waals surface area contributed by atoms with Crippen molar-refractivity contribution in [3.05, 3.63) is 0 Å². The average molecular weight is 177 g/mol. The van der Waals surface area contributed by atoms with Crippen LogP contribution in [0.4, 0.5) is 0 Å². The van der Waals surface area contributed by atoms with Crippen molar-refractivity contribution >= 4 is 10.6 Å². The molecule has 1 nitrogen and oxygen atoms in total. The van der Waals surface area contributed by atoms with E-state index < -0.39 is 0 Å². The van der Waals surface area contributed by atoms with Crippen molar-refractivity contribution in [3.8, 4) is 0 Å². The Kier molecular flexibility index (Phi) is 126. The van der Waals surface area contributed by atoms with Gasteiger partial charge in [0.2, 0.25) is 0 Å². The van der Waals surface area contributed by atoms with Crippen LogP contribution in [0.1, 0.15) is 0 Å². The number of hydrogen-bond acceptors (Lipinski definition) is 1. The monoisotopic (exact) mass is 175 g/mol. The molecular formula is CuOSZn. The molecule has 0 radical (unpaired) electrons. The van der Waals surface area contributed by atoms with Crippen molar-refractivity contribution < 1.29 is 39.3 Å². The van der Waals surface area contributed by atoms with E-state index in [2.05, 4.69) is 24.9 Å². The van der Waals surface area contributed by atoms with Crippen molar-refractivity contribution in [1.29, 1.82) is 0 Å². The maximum absolute atomic E-state index is 3.77. The molecule has 25 valence electrons. The maximum Gasteiger partial charge on any atom is 2.00 e. The molecule has 0 amide bonds. The molecule has 0 aromatic carbocycles. The minimum atomic E-state index is 0. The Bertz CT molecular complexity index is 8.00. The molecule has 0 bridgehead atoms. The zero-order valence-electron chi connectivity index (χ0n) is 1.83. The van der Waals surface area contributed by atoms with Crippen LogP contribution in [-0.2, 0) is 39.3 Å². The summed E-state index contributed by atoms with van der Waals surface area (Å²) in [6.45, 7) is 0. The molecule has 4 heavy (non-hydrogen) atoms. The molecule has 0 saturated heterocycles. The summed E-state index contributed by atoms with van der Waals surface area (Å²) in [6.07, 6.45) is 0. The van der Waals surface area contributed by atoms with Crippen molar-refractivity contribution in [2.45, 2.75) is 0 Å². The first-order valence-corrected chi connectivity index (χ1v) is 1.52. The SMILES string of the molecule is [O-2].[S]=[Cu].[Zn+2]. The van der Waals surface area contributed by atoms with Gasteiger partial charge in [0.1, 0.15) is 0 Å². The van der Waals surface area contributed by atoms with E-state index in [1.807, 2.05) is 0 Å². The summed E-state index contributed by atoms with van der Waals surface area (Å²) in [4.78, 5) is 0. The fraction of sp³-hybridized carbons (Fsp3) is 0. The first-order chi connectivity index (χ1) is 1.00. The first-order valence-electron chi connectivity index (χ1n) is 0.123. The van der Waals surface area contributed by atoms with Gasteiger partial charge in [-0.05, 0) is 0 Å². The topological polar surface area (TPSA) is 28.5 Å². The minimum absolute atomic E-state index is 0. The van der Waals surface area contributed by atoms with Crippen molar-refractivity contribution in [3.63, 3.8) is 0 Å². The Morgan fingerprint density at radius 3 is 1.25 bits per heavy atom. The van der Waals surface area contributed by atoms with Crippen LogP contribution >= 0.6 is 10.6 Å². The smallest absolute Gasteiger partial charge is 2.00 e. The van der Waals surface area contributed by atoms with Crippen LogP contribution in [0.25, 0.3) is 0 Å². The normalized spacial score (nSPS) is 1.50. The predicted octanol–water partition coefficient (Wildman–Crippen LogP) is 0.524. The second kappa shape index (κ2) is 27.3. The molecule has 0 N–H and O–H groups in total. The second-order valence-electron chi connectivity index (χ2n) is 0.